The third-order valence-electron chi connectivity index (χ3n) is 7.08. The molecule has 1 aromatic heterocycles. The van der Waals surface area contributed by atoms with E-state index < -0.39 is 9.84 Å². The maximum Gasteiger partial charge on any atom is 0.254 e. The van der Waals surface area contributed by atoms with Gasteiger partial charge in [0.25, 0.3) is 5.91 Å². The van der Waals surface area contributed by atoms with Crippen LogP contribution in [0.15, 0.2) is 90.2 Å². The highest BCUT2D eigenvalue weighted by molar-refractivity contribution is 7.90. The SMILES string of the molecule is Cc1ccc(C(=O)N(Cc2cnc(S(=O)(=O)Cc3ccccc3C)n2Cc2ccccc2)CC2CC2)cc1. The molecular weight excluding hydrogens is 494 g/mol. The Kier molecular flexibility index (Phi) is 7.47. The van der Waals surface area contributed by atoms with Crippen LogP contribution in [0.2, 0.25) is 0 Å². The van der Waals surface area contributed by atoms with E-state index >= 15 is 0 Å². The standard InChI is InChI=1S/C31H33N3O3S/c1-23-12-16-27(17-13-23)30(35)33(19-26-14-15-26)21-29-18-32-31(34(29)20-25-9-4-3-5-10-25)38(36,37)22-28-11-7-6-8-24(28)2/h3-13,16-18,26H,14-15,19-22H2,1-2H3. The lowest BCUT2D eigenvalue weighted by atomic mass is 10.1. The van der Waals surface area contributed by atoms with Gasteiger partial charge in [0.15, 0.2) is 0 Å². The molecule has 3 aromatic carbocycles. The van der Waals surface area contributed by atoms with Gasteiger partial charge in [-0.25, -0.2) is 13.4 Å². The van der Waals surface area contributed by atoms with Gasteiger partial charge in [0, 0.05) is 12.1 Å². The van der Waals surface area contributed by atoms with Crippen LogP contribution in [0, 0.1) is 19.8 Å². The maximum atomic E-state index is 13.7. The fourth-order valence-electron chi connectivity index (χ4n) is 4.65. The number of amides is 1. The monoisotopic (exact) mass is 527 g/mol. The molecule has 4 aromatic rings. The van der Waals surface area contributed by atoms with Gasteiger partial charge in [-0.3, -0.25) is 4.79 Å². The molecule has 1 aliphatic carbocycles. The van der Waals surface area contributed by atoms with Crippen LogP contribution < -0.4 is 0 Å². The highest BCUT2D eigenvalue weighted by atomic mass is 32.2. The van der Waals surface area contributed by atoms with E-state index in [-0.39, 0.29) is 16.8 Å². The predicted octanol–water partition coefficient (Wildman–Crippen LogP) is 5.57. The van der Waals surface area contributed by atoms with E-state index in [1.165, 1.54) is 0 Å². The molecule has 0 atom stereocenters. The molecule has 0 unspecified atom stereocenters. The van der Waals surface area contributed by atoms with Crippen LogP contribution in [-0.4, -0.2) is 35.3 Å². The molecule has 1 amide bonds. The zero-order valence-electron chi connectivity index (χ0n) is 21.9. The Morgan fingerprint density at radius 2 is 1.63 bits per heavy atom. The van der Waals surface area contributed by atoms with Crippen LogP contribution in [0.4, 0.5) is 0 Å². The van der Waals surface area contributed by atoms with Crippen molar-refractivity contribution in [3.8, 4) is 0 Å². The molecular formula is C31H33N3O3S. The third-order valence-corrected chi connectivity index (χ3v) is 8.66. The van der Waals surface area contributed by atoms with Crippen molar-refractivity contribution in [1.29, 1.82) is 0 Å². The minimum absolute atomic E-state index is 0.0359. The van der Waals surface area contributed by atoms with Crippen molar-refractivity contribution in [1.82, 2.24) is 14.5 Å². The van der Waals surface area contributed by atoms with E-state index in [0.717, 1.165) is 35.1 Å². The Morgan fingerprint density at radius 1 is 0.947 bits per heavy atom. The molecule has 196 valence electrons. The van der Waals surface area contributed by atoms with E-state index in [1.807, 2.05) is 97.6 Å². The second-order valence-corrected chi connectivity index (χ2v) is 12.2. The zero-order chi connectivity index (χ0) is 26.7. The number of aromatic nitrogens is 2. The van der Waals surface area contributed by atoms with E-state index in [1.54, 1.807) is 10.8 Å². The van der Waals surface area contributed by atoms with Crippen LogP contribution in [0.25, 0.3) is 0 Å². The Morgan fingerprint density at radius 3 is 2.32 bits per heavy atom. The van der Waals surface area contributed by atoms with Crippen LogP contribution >= 0.6 is 0 Å². The van der Waals surface area contributed by atoms with E-state index in [0.29, 0.717) is 36.8 Å². The fourth-order valence-corrected chi connectivity index (χ4v) is 6.24. The normalized spacial score (nSPS) is 13.4. The van der Waals surface area contributed by atoms with Crippen molar-refractivity contribution in [3.63, 3.8) is 0 Å². The van der Waals surface area contributed by atoms with E-state index in [9.17, 15) is 13.2 Å². The Labute approximate surface area is 224 Å². The van der Waals surface area contributed by atoms with Gasteiger partial charge in [-0.15, -0.1) is 0 Å². The minimum Gasteiger partial charge on any atom is -0.332 e. The molecule has 1 fully saturated rings. The van der Waals surface area contributed by atoms with Crippen LogP contribution in [0.1, 0.15) is 51.1 Å². The molecule has 5 rings (SSSR count). The van der Waals surface area contributed by atoms with E-state index in [4.69, 9.17) is 0 Å². The number of carbonyl (C=O) groups is 1. The van der Waals surface area contributed by atoms with Gasteiger partial charge in [-0.1, -0.05) is 72.3 Å². The topological polar surface area (TPSA) is 72.3 Å². The molecule has 7 heteroatoms. The number of nitrogens with zero attached hydrogens (tertiary/aromatic N) is 3. The summed E-state index contributed by atoms with van der Waals surface area (Å²) in [7, 11) is -3.74. The average molecular weight is 528 g/mol. The molecule has 0 radical (unpaired) electrons. The Hall–Kier alpha value is -3.71. The van der Waals surface area contributed by atoms with Crippen molar-refractivity contribution < 1.29 is 13.2 Å². The minimum atomic E-state index is -3.74. The number of benzene rings is 3. The molecule has 1 heterocycles. The lowest BCUT2D eigenvalue weighted by molar-refractivity contribution is 0.0731. The second kappa shape index (κ2) is 11.0. The fraction of sp³-hybridized carbons (Fsp3) is 0.290. The molecule has 0 bridgehead atoms. The number of hydrogen-bond acceptors (Lipinski definition) is 4. The number of carbonyl (C=O) groups excluding carboxylic acids is 1. The second-order valence-electron chi connectivity index (χ2n) is 10.3. The van der Waals surface area contributed by atoms with Gasteiger partial charge in [-0.05, 0) is 61.4 Å². The molecule has 38 heavy (non-hydrogen) atoms. The number of sulfone groups is 1. The first-order chi connectivity index (χ1) is 18.3. The van der Waals surface area contributed by atoms with Crippen LogP contribution in [0.3, 0.4) is 0 Å². The molecule has 6 nitrogen and oxygen atoms in total. The Balaban J connectivity index is 1.50. The van der Waals surface area contributed by atoms with Crippen molar-refractivity contribution in [3.05, 3.63) is 119 Å². The van der Waals surface area contributed by atoms with Gasteiger partial charge in [0.05, 0.1) is 30.7 Å². The van der Waals surface area contributed by atoms with Gasteiger partial charge >= 0.3 is 0 Å². The van der Waals surface area contributed by atoms with Crippen LogP contribution in [-0.2, 0) is 28.7 Å². The number of imidazole rings is 1. The first kappa shape index (κ1) is 25.9. The summed E-state index contributed by atoms with van der Waals surface area (Å²) in [5.41, 5.74) is 5.10. The Bertz CT molecular complexity index is 1520. The smallest absolute Gasteiger partial charge is 0.254 e. The highest BCUT2D eigenvalue weighted by Crippen LogP contribution is 2.31. The number of aryl methyl sites for hydroxylation is 2. The van der Waals surface area contributed by atoms with Gasteiger partial charge in [0.2, 0.25) is 15.0 Å². The average Bonchev–Trinajstić information content (AvgIpc) is 3.64. The lowest BCUT2D eigenvalue weighted by Crippen LogP contribution is -2.33. The number of hydrogen-bond donors (Lipinski definition) is 0. The maximum absolute atomic E-state index is 13.7. The van der Waals surface area contributed by atoms with Gasteiger partial charge in [0.1, 0.15) is 0 Å². The first-order valence-electron chi connectivity index (χ1n) is 13.0. The summed E-state index contributed by atoms with van der Waals surface area (Å²) < 4.78 is 29.1. The first-order valence-corrected chi connectivity index (χ1v) is 14.7. The summed E-state index contributed by atoms with van der Waals surface area (Å²) in [4.78, 5) is 19.8. The van der Waals surface area contributed by atoms with Gasteiger partial charge in [-0.2, -0.15) is 0 Å². The molecule has 1 saturated carbocycles. The summed E-state index contributed by atoms with van der Waals surface area (Å²) in [6.07, 6.45) is 3.84. The van der Waals surface area contributed by atoms with Crippen molar-refractivity contribution >= 4 is 15.7 Å². The summed E-state index contributed by atoms with van der Waals surface area (Å²) in [5, 5.41) is 0.0359. The largest absolute Gasteiger partial charge is 0.332 e. The van der Waals surface area contributed by atoms with Crippen molar-refractivity contribution in [2.45, 2.75) is 50.7 Å². The molecule has 0 N–H and O–H groups in total. The molecule has 0 saturated heterocycles. The van der Waals surface area contributed by atoms with Crippen molar-refractivity contribution in [2.75, 3.05) is 6.54 Å². The summed E-state index contributed by atoms with van der Waals surface area (Å²) in [6.45, 7) is 5.21. The molecule has 0 spiro atoms. The molecule has 0 aliphatic heterocycles. The highest BCUT2D eigenvalue weighted by Gasteiger charge is 2.30. The molecule has 1 aliphatic rings. The quantitative estimate of drug-likeness (QED) is 0.270. The lowest BCUT2D eigenvalue weighted by Gasteiger charge is -2.24. The van der Waals surface area contributed by atoms with Crippen LogP contribution in [0.5, 0.6) is 0 Å². The summed E-state index contributed by atoms with van der Waals surface area (Å²) in [6, 6.07) is 24.9. The third kappa shape index (κ3) is 6.05. The number of rotatable bonds is 10. The zero-order valence-corrected chi connectivity index (χ0v) is 22.7. The van der Waals surface area contributed by atoms with E-state index in [2.05, 4.69) is 4.98 Å². The summed E-state index contributed by atoms with van der Waals surface area (Å²) >= 11 is 0. The summed E-state index contributed by atoms with van der Waals surface area (Å²) in [5.74, 6) is 0.312. The van der Waals surface area contributed by atoms with Gasteiger partial charge < -0.3 is 9.47 Å². The predicted molar refractivity (Wildman–Crippen MR) is 148 cm³/mol. The van der Waals surface area contributed by atoms with Crippen molar-refractivity contribution in [2.24, 2.45) is 5.92 Å².